The molecule has 0 aliphatic heterocycles. The van der Waals surface area contributed by atoms with Crippen molar-refractivity contribution in [2.45, 2.75) is 0 Å². The number of aryl methyl sites for hydroxylation is 1. The molecule has 3 aromatic heterocycles. The topological polar surface area (TPSA) is 64.7 Å². The van der Waals surface area contributed by atoms with Gasteiger partial charge in [0.1, 0.15) is 6.33 Å². The van der Waals surface area contributed by atoms with Crippen LogP contribution in [-0.2, 0) is 7.05 Å². The highest BCUT2D eigenvalue weighted by Gasteiger charge is 2.16. The zero-order valence-corrected chi connectivity index (χ0v) is 15.9. The fourth-order valence-electron chi connectivity index (χ4n) is 3.39. The molecule has 0 saturated heterocycles. The van der Waals surface area contributed by atoms with E-state index in [0.717, 1.165) is 39.0 Å². The summed E-state index contributed by atoms with van der Waals surface area (Å²) in [6.07, 6.45) is 3.59. The van der Waals surface area contributed by atoms with Gasteiger partial charge in [-0.1, -0.05) is 24.3 Å². The van der Waals surface area contributed by atoms with Crippen molar-refractivity contribution >= 4 is 27.8 Å². The molecule has 0 radical (unpaired) electrons. The Balaban J connectivity index is 1.79. The second kappa shape index (κ2) is 6.16. The molecule has 0 unspecified atom stereocenters. The SMILES string of the molecule is CN(C)c1cccc(-c2nc(-n3cnc4ccccc43)nc3c2cnn3C)c1. The van der Waals surface area contributed by atoms with Gasteiger partial charge in [0.05, 0.1) is 28.3 Å². The van der Waals surface area contributed by atoms with Crippen LogP contribution in [-0.4, -0.2) is 43.4 Å². The normalized spacial score (nSPS) is 11.4. The molecular formula is C21H19N7. The van der Waals surface area contributed by atoms with E-state index in [0.29, 0.717) is 5.95 Å². The Morgan fingerprint density at radius 3 is 2.68 bits per heavy atom. The lowest BCUT2D eigenvalue weighted by Crippen LogP contribution is -2.08. The number of anilines is 1. The van der Waals surface area contributed by atoms with Crippen molar-refractivity contribution in [3.05, 3.63) is 61.1 Å². The van der Waals surface area contributed by atoms with Gasteiger partial charge in [-0.15, -0.1) is 0 Å². The summed E-state index contributed by atoms with van der Waals surface area (Å²) >= 11 is 0. The highest BCUT2D eigenvalue weighted by atomic mass is 15.3. The number of aromatic nitrogens is 6. The molecule has 0 aliphatic carbocycles. The first-order valence-electron chi connectivity index (χ1n) is 9.02. The minimum atomic E-state index is 0.579. The first-order chi connectivity index (χ1) is 13.6. The second-order valence-corrected chi connectivity index (χ2v) is 6.93. The molecule has 7 nitrogen and oxygen atoms in total. The average Bonchev–Trinajstić information content (AvgIpc) is 3.31. The van der Waals surface area contributed by atoms with E-state index in [2.05, 4.69) is 33.2 Å². The van der Waals surface area contributed by atoms with Crippen LogP contribution in [0, 0.1) is 0 Å². The lowest BCUT2D eigenvalue weighted by molar-refractivity contribution is 0.782. The van der Waals surface area contributed by atoms with Gasteiger partial charge in [0.2, 0.25) is 5.95 Å². The molecule has 5 rings (SSSR count). The quantitative estimate of drug-likeness (QED) is 0.487. The maximum Gasteiger partial charge on any atom is 0.238 e. The van der Waals surface area contributed by atoms with Gasteiger partial charge in [-0.3, -0.25) is 9.25 Å². The maximum absolute atomic E-state index is 4.92. The van der Waals surface area contributed by atoms with E-state index in [4.69, 9.17) is 9.97 Å². The highest BCUT2D eigenvalue weighted by molar-refractivity contribution is 5.91. The molecule has 3 heterocycles. The van der Waals surface area contributed by atoms with Crippen molar-refractivity contribution in [2.24, 2.45) is 7.05 Å². The summed E-state index contributed by atoms with van der Waals surface area (Å²) in [5, 5.41) is 5.33. The second-order valence-electron chi connectivity index (χ2n) is 6.93. The van der Waals surface area contributed by atoms with Crippen molar-refractivity contribution < 1.29 is 0 Å². The molecule has 0 bridgehead atoms. The van der Waals surface area contributed by atoms with Crippen molar-refractivity contribution in [1.29, 1.82) is 0 Å². The van der Waals surface area contributed by atoms with Gasteiger partial charge in [-0.25, -0.2) is 9.97 Å². The molecule has 0 aliphatic rings. The van der Waals surface area contributed by atoms with Gasteiger partial charge < -0.3 is 4.90 Å². The third kappa shape index (κ3) is 2.51. The van der Waals surface area contributed by atoms with Crippen LogP contribution in [0.1, 0.15) is 0 Å². The number of hydrogen-bond donors (Lipinski definition) is 0. The molecular weight excluding hydrogens is 350 g/mol. The molecule has 0 saturated carbocycles. The van der Waals surface area contributed by atoms with Crippen LogP contribution in [0.4, 0.5) is 5.69 Å². The lowest BCUT2D eigenvalue weighted by Gasteiger charge is -2.14. The number of rotatable bonds is 3. The first kappa shape index (κ1) is 16.4. The molecule has 138 valence electrons. The number of fused-ring (bicyclic) bond motifs is 2. The third-order valence-corrected chi connectivity index (χ3v) is 4.89. The van der Waals surface area contributed by atoms with E-state index in [1.54, 1.807) is 11.0 Å². The lowest BCUT2D eigenvalue weighted by atomic mass is 10.1. The number of nitrogens with zero attached hydrogens (tertiary/aromatic N) is 7. The summed E-state index contributed by atoms with van der Waals surface area (Å²) in [4.78, 5) is 16.2. The van der Waals surface area contributed by atoms with Gasteiger partial charge in [0, 0.05) is 32.4 Å². The molecule has 7 heteroatoms. The monoisotopic (exact) mass is 369 g/mol. The van der Waals surface area contributed by atoms with Gasteiger partial charge in [0.25, 0.3) is 0 Å². The number of benzene rings is 2. The molecule has 0 atom stereocenters. The van der Waals surface area contributed by atoms with Crippen molar-refractivity contribution in [1.82, 2.24) is 29.3 Å². The van der Waals surface area contributed by atoms with Crippen LogP contribution in [0.15, 0.2) is 61.1 Å². The number of imidazole rings is 1. The minimum Gasteiger partial charge on any atom is -0.378 e. The number of para-hydroxylation sites is 2. The van der Waals surface area contributed by atoms with E-state index >= 15 is 0 Å². The molecule has 2 aromatic carbocycles. The molecule has 0 N–H and O–H groups in total. The molecule has 0 amide bonds. The van der Waals surface area contributed by atoms with Crippen LogP contribution in [0.3, 0.4) is 0 Å². The van der Waals surface area contributed by atoms with Crippen LogP contribution in [0.25, 0.3) is 39.3 Å². The molecule has 0 fully saturated rings. The Labute approximate surface area is 161 Å². The smallest absolute Gasteiger partial charge is 0.238 e. The van der Waals surface area contributed by atoms with Crippen molar-refractivity contribution in [2.75, 3.05) is 19.0 Å². The Hall–Kier alpha value is -3.74. The third-order valence-electron chi connectivity index (χ3n) is 4.89. The Bertz CT molecular complexity index is 1310. The number of hydrogen-bond acceptors (Lipinski definition) is 5. The summed E-state index contributed by atoms with van der Waals surface area (Å²) in [5.74, 6) is 0.579. The summed E-state index contributed by atoms with van der Waals surface area (Å²) in [7, 11) is 5.95. The largest absolute Gasteiger partial charge is 0.378 e. The summed E-state index contributed by atoms with van der Waals surface area (Å²) < 4.78 is 3.69. The van der Waals surface area contributed by atoms with E-state index in [1.807, 2.05) is 62.2 Å². The summed E-state index contributed by atoms with van der Waals surface area (Å²) in [6.45, 7) is 0. The van der Waals surface area contributed by atoms with E-state index in [-0.39, 0.29) is 0 Å². The van der Waals surface area contributed by atoms with Crippen molar-refractivity contribution in [3.8, 4) is 17.2 Å². The first-order valence-corrected chi connectivity index (χ1v) is 9.02. The summed E-state index contributed by atoms with van der Waals surface area (Å²) in [6, 6.07) is 16.3. The molecule has 28 heavy (non-hydrogen) atoms. The van der Waals surface area contributed by atoms with Gasteiger partial charge in [-0.05, 0) is 24.3 Å². The van der Waals surface area contributed by atoms with Gasteiger partial charge >= 0.3 is 0 Å². The van der Waals surface area contributed by atoms with E-state index in [1.165, 1.54) is 0 Å². The predicted octanol–water partition coefficient (Wildman–Crippen LogP) is 3.44. The Morgan fingerprint density at radius 2 is 1.82 bits per heavy atom. The van der Waals surface area contributed by atoms with Crippen LogP contribution in [0.2, 0.25) is 0 Å². The molecule has 5 aromatic rings. The fourth-order valence-corrected chi connectivity index (χ4v) is 3.39. The van der Waals surface area contributed by atoms with Gasteiger partial charge in [0.15, 0.2) is 5.65 Å². The fraction of sp³-hybridized carbons (Fsp3) is 0.143. The predicted molar refractivity (Wildman–Crippen MR) is 111 cm³/mol. The van der Waals surface area contributed by atoms with Crippen molar-refractivity contribution in [3.63, 3.8) is 0 Å². The summed E-state index contributed by atoms with van der Waals surface area (Å²) in [5.41, 5.74) is 5.66. The Kier molecular flexibility index (Phi) is 3.61. The minimum absolute atomic E-state index is 0.579. The van der Waals surface area contributed by atoms with Crippen LogP contribution < -0.4 is 4.90 Å². The van der Waals surface area contributed by atoms with Gasteiger partial charge in [-0.2, -0.15) is 10.1 Å². The van der Waals surface area contributed by atoms with E-state index in [9.17, 15) is 0 Å². The molecule has 0 spiro atoms. The van der Waals surface area contributed by atoms with Crippen LogP contribution in [0.5, 0.6) is 0 Å². The average molecular weight is 369 g/mol. The highest BCUT2D eigenvalue weighted by Crippen LogP contribution is 2.29. The Morgan fingerprint density at radius 1 is 0.964 bits per heavy atom. The zero-order valence-electron chi connectivity index (χ0n) is 15.9. The standard InChI is InChI=1S/C21H19N7/c1-26(2)15-8-6-7-14(11-15)19-16-12-23-27(3)20(16)25-21(24-19)28-13-22-17-9-4-5-10-18(17)28/h4-13H,1-3H3. The van der Waals surface area contributed by atoms with E-state index < -0.39 is 0 Å². The zero-order chi connectivity index (χ0) is 19.3. The maximum atomic E-state index is 4.92. The van der Waals surface area contributed by atoms with Crippen LogP contribution >= 0.6 is 0 Å².